The average molecular weight is 378 g/mol. The Labute approximate surface area is 164 Å². The Morgan fingerprint density at radius 1 is 1.18 bits per heavy atom. The van der Waals surface area contributed by atoms with E-state index < -0.39 is 0 Å². The molecule has 3 heterocycles. The normalized spacial score (nSPS) is 14.2. The smallest absolute Gasteiger partial charge is 0.222 e. The highest BCUT2D eigenvalue weighted by molar-refractivity contribution is 5.86. The van der Waals surface area contributed by atoms with Gasteiger partial charge in [0.25, 0.3) is 0 Å². The van der Waals surface area contributed by atoms with E-state index in [4.69, 9.17) is 4.98 Å². The number of anilines is 1. The number of likely N-dealkylation sites (tertiary alicyclic amines) is 1. The topological polar surface area (TPSA) is 75.9 Å². The van der Waals surface area contributed by atoms with E-state index in [1.165, 1.54) is 11.1 Å². The summed E-state index contributed by atoms with van der Waals surface area (Å²) >= 11 is 0. The molecule has 1 N–H and O–H groups in total. The van der Waals surface area contributed by atoms with Crippen LogP contribution in [0.25, 0.3) is 11.0 Å². The monoisotopic (exact) mass is 378 g/mol. The van der Waals surface area contributed by atoms with E-state index in [1.807, 2.05) is 30.3 Å². The number of aryl methyl sites for hydroxylation is 2. The van der Waals surface area contributed by atoms with E-state index in [1.54, 1.807) is 4.68 Å². The van der Waals surface area contributed by atoms with E-state index >= 15 is 0 Å². The minimum atomic E-state index is 0.250. The molecule has 3 aromatic rings. The van der Waals surface area contributed by atoms with Gasteiger partial charge in [-0.1, -0.05) is 31.2 Å². The summed E-state index contributed by atoms with van der Waals surface area (Å²) in [6.07, 6.45) is 5.26. The number of rotatable bonds is 7. The largest absolute Gasteiger partial charge is 0.365 e. The van der Waals surface area contributed by atoms with Gasteiger partial charge in [-0.3, -0.25) is 9.48 Å². The third-order valence-corrected chi connectivity index (χ3v) is 5.21. The van der Waals surface area contributed by atoms with Gasteiger partial charge in [-0.2, -0.15) is 5.10 Å². The van der Waals surface area contributed by atoms with Gasteiger partial charge in [-0.15, -0.1) is 0 Å². The molecule has 146 valence electrons. The van der Waals surface area contributed by atoms with Crippen LogP contribution in [0.1, 0.15) is 43.1 Å². The van der Waals surface area contributed by atoms with Crippen molar-refractivity contribution in [3.05, 3.63) is 47.4 Å². The summed E-state index contributed by atoms with van der Waals surface area (Å²) in [4.78, 5) is 23.3. The summed E-state index contributed by atoms with van der Waals surface area (Å²) in [5, 5.41) is 8.75. The molecule has 0 aliphatic carbocycles. The van der Waals surface area contributed by atoms with E-state index in [2.05, 4.69) is 34.5 Å². The van der Waals surface area contributed by atoms with Gasteiger partial charge in [-0.05, 0) is 24.0 Å². The minimum absolute atomic E-state index is 0.250. The highest BCUT2D eigenvalue weighted by Crippen LogP contribution is 2.22. The number of hydrogen-bond donors (Lipinski definition) is 1. The fourth-order valence-electron chi connectivity index (χ4n) is 3.68. The quantitative estimate of drug-likeness (QED) is 0.684. The molecule has 0 unspecified atom stereocenters. The molecule has 1 amide bonds. The van der Waals surface area contributed by atoms with Crippen LogP contribution in [0, 0.1) is 0 Å². The zero-order chi connectivity index (χ0) is 19.5. The molecule has 1 saturated heterocycles. The molecule has 0 atom stereocenters. The zero-order valence-electron chi connectivity index (χ0n) is 16.5. The Hall–Kier alpha value is -2.96. The second kappa shape index (κ2) is 7.96. The van der Waals surface area contributed by atoms with Crippen molar-refractivity contribution < 1.29 is 4.79 Å². The Morgan fingerprint density at radius 2 is 2.00 bits per heavy atom. The average Bonchev–Trinajstić information content (AvgIpc) is 3.27. The summed E-state index contributed by atoms with van der Waals surface area (Å²) in [5.74, 6) is 1.89. The second-order valence-electron chi connectivity index (χ2n) is 7.29. The standard InChI is InChI=1S/C21H26N6O/c1-3-7-18-24-20(17-13-23-26(2)21(17)25-18)22-12-15-8-4-5-9-16(15)14-27-11-6-10-19(27)28/h4-5,8-9,13H,3,6-7,10-12,14H2,1-2H3,(H,22,24,25). The molecular formula is C21H26N6O. The van der Waals surface area contributed by atoms with Gasteiger partial charge < -0.3 is 10.2 Å². The predicted molar refractivity (Wildman–Crippen MR) is 109 cm³/mol. The van der Waals surface area contributed by atoms with Gasteiger partial charge in [-0.25, -0.2) is 9.97 Å². The molecule has 0 bridgehead atoms. The lowest BCUT2D eigenvalue weighted by Gasteiger charge is -2.18. The van der Waals surface area contributed by atoms with E-state index in [0.29, 0.717) is 19.5 Å². The first kappa shape index (κ1) is 18.4. The third kappa shape index (κ3) is 3.69. The molecule has 1 fully saturated rings. The van der Waals surface area contributed by atoms with Crippen molar-refractivity contribution >= 4 is 22.8 Å². The van der Waals surface area contributed by atoms with Crippen molar-refractivity contribution in [2.45, 2.75) is 45.7 Å². The van der Waals surface area contributed by atoms with Crippen molar-refractivity contribution in [3.8, 4) is 0 Å². The lowest BCUT2D eigenvalue weighted by atomic mass is 10.1. The van der Waals surface area contributed by atoms with Gasteiger partial charge in [0.1, 0.15) is 11.6 Å². The molecular weight excluding hydrogens is 352 g/mol. The lowest BCUT2D eigenvalue weighted by molar-refractivity contribution is -0.128. The number of carbonyl (C=O) groups is 1. The summed E-state index contributed by atoms with van der Waals surface area (Å²) in [5.41, 5.74) is 3.20. The Bertz CT molecular complexity index is 996. The molecule has 28 heavy (non-hydrogen) atoms. The fourth-order valence-corrected chi connectivity index (χ4v) is 3.68. The first-order chi connectivity index (χ1) is 13.7. The maximum atomic E-state index is 12.0. The summed E-state index contributed by atoms with van der Waals surface area (Å²) in [7, 11) is 1.90. The van der Waals surface area contributed by atoms with Crippen LogP contribution in [-0.4, -0.2) is 37.1 Å². The number of aromatic nitrogens is 4. The van der Waals surface area contributed by atoms with Crippen LogP contribution in [0.2, 0.25) is 0 Å². The van der Waals surface area contributed by atoms with Crippen LogP contribution in [0.3, 0.4) is 0 Å². The van der Waals surface area contributed by atoms with Crippen LogP contribution < -0.4 is 5.32 Å². The molecule has 2 aromatic heterocycles. The van der Waals surface area contributed by atoms with Crippen LogP contribution in [0.15, 0.2) is 30.5 Å². The molecule has 4 rings (SSSR count). The summed E-state index contributed by atoms with van der Waals surface area (Å²) < 4.78 is 1.79. The van der Waals surface area contributed by atoms with Crippen molar-refractivity contribution in [2.24, 2.45) is 7.05 Å². The molecule has 7 nitrogen and oxygen atoms in total. The number of amides is 1. The first-order valence-electron chi connectivity index (χ1n) is 9.92. The van der Waals surface area contributed by atoms with Crippen LogP contribution >= 0.6 is 0 Å². The first-order valence-corrected chi connectivity index (χ1v) is 9.92. The Kier molecular flexibility index (Phi) is 5.23. The van der Waals surface area contributed by atoms with Crippen LogP contribution in [0.4, 0.5) is 5.82 Å². The summed E-state index contributed by atoms with van der Waals surface area (Å²) in [6.45, 7) is 4.29. The SMILES string of the molecule is CCCc1nc(NCc2ccccc2CN2CCCC2=O)c2cnn(C)c2n1. The van der Waals surface area contributed by atoms with Gasteiger partial charge in [0, 0.05) is 39.5 Å². The maximum absolute atomic E-state index is 12.0. The molecule has 0 spiro atoms. The third-order valence-electron chi connectivity index (χ3n) is 5.21. The molecule has 7 heteroatoms. The predicted octanol–water partition coefficient (Wildman–Crippen LogP) is 3.05. The maximum Gasteiger partial charge on any atom is 0.222 e. The molecule has 1 aromatic carbocycles. The molecule has 1 aliphatic rings. The van der Waals surface area contributed by atoms with Crippen LogP contribution in [0.5, 0.6) is 0 Å². The van der Waals surface area contributed by atoms with Gasteiger partial charge >= 0.3 is 0 Å². The number of benzene rings is 1. The number of carbonyl (C=O) groups excluding carboxylic acids is 1. The second-order valence-corrected chi connectivity index (χ2v) is 7.29. The van der Waals surface area contributed by atoms with Crippen molar-refractivity contribution in [1.29, 1.82) is 0 Å². The van der Waals surface area contributed by atoms with E-state index in [0.717, 1.165) is 48.5 Å². The van der Waals surface area contributed by atoms with Crippen molar-refractivity contribution in [3.63, 3.8) is 0 Å². The highest BCUT2D eigenvalue weighted by atomic mass is 16.2. The Balaban J connectivity index is 1.57. The molecule has 0 radical (unpaired) electrons. The highest BCUT2D eigenvalue weighted by Gasteiger charge is 2.21. The minimum Gasteiger partial charge on any atom is -0.365 e. The molecule has 0 saturated carbocycles. The van der Waals surface area contributed by atoms with Crippen LogP contribution in [-0.2, 0) is 31.4 Å². The van der Waals surface area contributed by atoms with Crippen molar-refractivity contribution in [2.75, 3.05) is 11.9 Å². The van der Waals surface area contributed by atoms with Gasteiger partial charge in [0.2, 0.25) is 5.91 Å². The number of fused-ring (bicyclic) bond motifs is 1. The molecule has 1 aliphatic heterocycles. The fraction of sp³-hybridized carbons (Fsp3) is 0.429. The lowest BCUT2D eigenvalue weighted by Crippen LogP contribution is -2.24. The Morgan fingerprint density at radius 3 is 2.75 bits per heavy atom. The zero-order valence-corrected chi connectivity index (χ0v) is 16.5. The van der Waals surface area contributed by atoms with Gasteiger partial charge in [0.15, 0.2) is 5.65 Å². The van der Waals surface area contributed by atoms with Gasteiger partial charge in [0.05, 0.1) is 11.6 Å². The summed E-state index contributed by atoms with van der Waals surface area (Å²) in [6, 6.07) is 8.28. The van der Waals surface area contributed by atoms with E-state index in [9.17, 15) is 4.79 Å². The number of nitrogens with one attached hydrogen (secondary N) is 1. The number of hydrogen-bond acceptors (Lipinski definition) is 5. The number of nitrogens with zero attached hydrogens (tertiary/aromatic N) is 5. The van der Waals surface area contributed by atoms with Crippen molar-refractivity contribution in [1.82, 2.24) is 24.6 Å². The van der Waals surface area contributed by atoms with E-state index in [-0.39, 0.29) is 5.91 Å².